The highest BCUT2D eigenvalue weighted by Crippen LogP contribution is 2.29. The van der Waals surface area contributed by atoms with E-state index in [4.69, 9.17) is 0 Å². The fourth-order valence-electron chi connectivity index (χ4n) is 5.46. The quantitative estimate of drug-likeness (QED) is 0.247. The minimum Gasteiger partial charge on any atom is -0.345 e. The lowest BCUT2D eigenvalue weighted by molar-refractivity contribution is 0.0940. The molecule has 1 N–H and O–H groups in total. The predicted molar refractivity (Wildman–Crippen MR) is 160 cm³/mol. The number of aryl methyl sites for hydroxylation is 1. The maximum atomic E-state index is 13.3. The van der Waals surface area contributed by atoms with Gasteiger partial charge in [0.05, 0.1) is 11.6 Å². The fourth-order valence-corrected chi connectivity index (χ4v) is 5.46. The molecule has 0 aliphatic rings. The van der Waals surface area contributed by atoms with Gasteiger partial charge < -0.3 is 9.88 Å². The van der Waals surface area contributed by atoms with Crippen LogP contribution < -0.4 is 5.32 Å². The Morgan fingerprint density at radius 2 is 1.54 bits per heavy atom. The Balaban J connectivity index is 1.24. The molecule has 4 heteroatoms. The summed E-state index contributed by atoms with van der Waals surface area (Å²) in [6.45, 7) is 7.10. The lowest BCUT2D eigenvalue weighted by Gasteiger charge is -2.16. The molecule has 1 atom stereocenters. The first-order valence-corrected chi connectivity index (χ1v) is 13.4. The highest BCUT2D eigenvalue weighted by atomic mass is 16.1. The largest absolute Gasteiger partial charge is 0.345 e. The number of fused-ring (bicyclic) bond motifs is 2. The molecule has 2 heterocycles. The fraction of sp³-hybridized carbons (Fsp3) is 0.143. The second-order valence-electron chi connectivity index (χ2n) is 10.2. The number of amides is 1. The summed E-state index contributed by atoms with van der Waals surface area (Å²) in [6.07, 6.45) is 1.80. The molecular formula is C35H31N3O. The van der Waals surface area contributed by atoms with Crippen LogP contribution in [0, 0.1) is 13.8 Å². The minimum atomic E-state index is -0.146. The normalized spacial score (nSPS) is 12.1. The molecular weight excluding hydrogens is 478 g/mol. The molecule has 39 heavy (non-hydrogen) atoms. The van der Waals surface area contributed by atoms with Crippen molar-refractivity contribution in [3.05, 3.63) is 137 Å². The molecule has 0 unspecified atom stereocenters. The first-order chi connectivity index (χ1) is 19.0. The number of hydrogen-bond acceptors (Lipinski definition) is 2. The van der Waals surface area contributed by atoms with E-state index in [0.717, 1.165) is 33.9 Å². The van der Waals surface area contributed by atoms with Crippen LogP contribution in [0.5, 0.6) is 0 Å². The number of pyridine rings is 1. The zero-order valence-electron chi connectivity index (χ0n) is 22.5. The molecule has 0 bridgehead atoms. The highest BCUT2D eigenvalue weighted by molar-refractivity contribution is 5.99. The molecule has 192 valence electrons. The molecule has 0 fully saturated rings. The highest BCUT2D eigenvalue weighted by Gasteiger charge is 2.17. The van der Waals surface area contributed by atoms with Gasteiger partial charge in [-0.3, -0.25) is 9.78 Å². The van der Waals surface area contributed by atoms with Gasteiger partial charge in [0.1, 0.15) is 0 Å². The molecule has 0 saturated carbocycles. The summed E-state index contributed by atoms with van der Waals surface area (Å²) in [6, 6.07) is 35.1. The van der Waals surface area contributed by atoms with Gasteiger partial charge in [-0.15, -0.1) is 0 Å². The molecule has 4 nitrogen and oxygen atoms in total. The number of carbonyl (C=O) groups is 1. The molecule has 0 saturated heterocycles. The summed E-state index contributed by atoms with van der Waals surface area (Å²) in [5, 5.41) is 5.37. The van der Waals surface area contributed by atoms with E-state index in [1.165, 1.54) is 27.9 Å². The Kier molecular flexibility index (Phi) is 6.45. The first kappa shape index (κ1) is 24.6. The number of benzene rings is 4. The Bertz CT molecular complexity index is 1790. The van der Waals surface area contributed by atoms with Crippen molar-refractivity contribution in [2.24, 2.45) is 0 Å². The minimum absolute atomic E-state index is 0.0772. The van der Waals surface area contributed by atoms with E-state index >= 15 is 0 Å². The van der Waals surface area contributed by atoms with E-state index < -0.39 is 0 Å². The van der Waals surface area contributed by atoms with E-state index in [1.807, 2.05) is 49.4 Å². The smallest absolute Gasteiger partial charge is 0.251 e. The van der Waals surface area contributed by atoms with Gasteiger partial charge >= 0.3 is 0 Å². The van der Waals surface area contributed by atoms with Crippen LogP contribution in [0.25, 0.3) is 32.9 Å². The zero-order valence-corrected chi connectivity index (χ0v) is 22.5. The van der Waals surface area contributed by atoms with Crippen LogP contribution in [-0.4, -0.2) is 15.5 Å². The van der Waals surface area contributed by atoms with Crippen LogP contribution in [0.3, 0.4) is 0 Å². The van der Waals surface area contributed by atoms with Gasteiger partial charge in [-0.25, -0.2) is 0 Å². The Labute approximate surface area is 229 Å². The number of nitrogens with one attached hydrogen (secondary N) is 1. The SMILES string of the molecule is Cc1c(C)n(Cc2ccc(-c3ccccc3)cc2)c2ccc(C(=O)N[C@H](C)c3ccnc4ccccc34)cc12. The molecule has 2 aromatic heterocycles. The van der Waals surface area contributed by atoms with E-state index in [9.17, 15) is 4.79 Å². The lowest BCUT2D eigenvalue weighted by atomic mass is 10.0. The predicted octanol–water partition coefficient (Wildman–Crippen LogP) is 8.01. The second-order valence-corrected chi connectivity index (χ2v) is 10.2. The van der Waals surface area contributed by atoms with Crippen molar-refractivity contribution in [3.8, 4) is 11.1 Å². The van der Waals surface area contributed by atoms with Crippen molar-refractivity contribution in [2.75, 3.05) is 0 Å². The van der Waals surface area contributed by atoms with Gasteiger partial charge in [0.2, 0.25) is 0 Å². The molecule has 0 aliphatic heterocycles. The summed E-state index contributed by atoms with van der Waals surface area (Å²) in [5.74, 6) is -0.0772. The summed E-state index contributed by atoms with van der Waals surface area (Å²) < 4.78 is 2.34. The third-order valence-corrected chi connectivity index (χ3v) is 7.80. The standard InChI is InChI=1S/C35H31N3O/c1-23-25(3)38(22-26-13-15-28(16-14-26)27-9-5-4-6-10-27)34-18-17-29(21-32(23)34)35(39)37-24(2)30-19-20-36-33-12-8-7-11-31(30)33/h4-21,24H,22H2,1-3H3,(H,37,39)/t24-/m1/s1. The average Bonchev–Trinajstić information content (AvgIpc) is 3.21. The van der Waals surface area contributed by atoms with Gasteiger partial charge in [0, 0.05) is 40.3 Å². The van der Waals surface area contributed by atoms with Crippen molar-refractivity contribution in [1.82, 2.24) is 14.9 Å². The van der Waals surface area contributed by atoms with Crippen LogP contribution in [-0.2, 0) is 6.54 Å². The van der Waals surface area contributed by atoms with Gasteiger partial charge in [-0.2, -0.15) is 0 Å². The van der Waals surface area contributed by atoms with Crippen molar-refractivity contribution in [3.63, 3.8) is 0 Å². The topological polar surface area (TPSA) is 46.9 Å². The molecule has 0 spiro atoms. The third kappa shape index (κ3) is 4.70. The number of para-hydroxylation sites is 1. The van der Waals surface area contributed by atoms with Crippen LogP contribution >= 0.6 is 0 Å². The summed E-state index contributed by atoms with van der Waals surface area (Å²) in [5.41, 5.74) is 9.90. The zero-order chi connectivity index (χ0) is 26.9. The van der Waals surface area contributed by atoms with Crippen molar-refractivity contribution in [1.29, 1.82) is 0 Å². The second kappa shape index (κ2) is 10.2. The van der Waals surface area contributed by atoms with Crippen LogP contribution in [0.1, 0.15) is 45.7 Å². The van der Waals surface area contributed by atoms with E-state index in [0.29, 0.717) is 5.56 Å². The number of hydrogen-bond donors (Lipinski definition) is 1. The molecule has 0 radical (unpaired) electrons. The van der Waals surface area contributed by atoms with Gasteiger partial charge in [-0.1, -0.05) is 72.8 Å². The van der Waals surface area contributed by atoms with Crippen LogP contribution in [0.2, 0.25) is 0 Å². The average molecular weight is 510 g/mol. The number of nitrogens with zero attached hydrogens (tertiary/aromatic N) is 2. The van der Waals surface area contributed by atoms with Crippen LogP contribution in [0.15, 0.2) is 109 Å². The van der Waals surface area contributed by atoms with E-state index in [1.54, 1.807) is 6.20 Å². The molecule has 6 aromatic rings. The van der Waals surface area contributed by atoms with Gasteiger partial charge in [0.15, 0.2) is 0 Å². The maximum Gasteiger partial charge on any atom is 0.251 e. The Morgan fingerprint density at radius 3 is 2.33 bits per heavy atom. The van der Waals surface area contributed by atoms with Crippen molar-refractivity contribution >= 4 is 27.7 Å². The molecule has 4 aromatic carbocycles. The summed E-state index contributed by atoms with van der Waals surface area (Å²) >= 11 is 0. The number of rotatable bonds is 6. The summed E-state index contributed by atoms with van der Waals surface area (Å²) in [7, 11) is 0. The Hall–Kier alpha value is -4.70. The van der Waals surface area contributed by atoms with Crippen molar-refractivity contribution in [2.45, 2.75) is 33.4 Å². The number of carbonyl (C=O) groups excluding carboxylic acids is 1. The monoisotopic (exact) mass is 509 g/mol. The summed E-state index contributed by atoms with van der Waals surface area (Å²) in [4.78, 5) is 17.8. The van der Waals surface area contributed by atoms with Crippen LogP contribution in [0.4, 0.5) is 0 Å². The maximum absolute atomic E-state index is 13.3. The van der Waals surface area contributed by atoms with E-state index in [2.05, 4.69) is 89.4 Å². The molecule has 1 amide bonds. The Morgan fingerprint density at radius 1 is 0.821 bits per heavy atom. The first-order valence-electron chi connectivity index (χ1n) is 13.4. The van der Waals surface area contributed by atoms with Gasteiger partial charge in [-0.05, 0) is 78.9 Å². The third-order valence-electron chi connectivity index (χ3n) is 7.80. The van der Waals surface area contributed by atoms with Gasteiger partial charge in [0.25, 0.3) is 5.91 Å². The van der Waals surface area contributed by atoms with E-state index in [-0.39, 0.29) is 11.9 Å². The number of aromatic nitrogens is 2. The molecule has 0 aliphatic carbocycles. The van der Waals surface area contributed by atoms with Crippen molar-refractivity contribution < 1.29 is 4.79 Å². The molecule has 6 rings (SSSR count). The lowest BCUT2D eigenvalue weighted by Crippen LogP contribution is -2.26.